The van der Waals surface area contributed by atoms with Crippen molar-refractivity contribution in [3.05, 3.63) is 47.8 Å². The van der Waals surface area contributed by atoms with Crippen molar-refractivity contribution in [1.82, 2.24) is 33.6 Å². The molecule has 5 aliphatic rings. The summed E-state index contributed by atoms with van der Waals surface area (Å²) in [7, 11) is -3.60. The zero-order chi connectivity index (χ0) is 24.7. The number of halogens is 1. The van der Waals surface area contributed by atoms with Gasteiger partial charge in [-0.25, -0.2) is 18.9 Å². The van der Waals surface area contributed by atoms with Crippen LogP contribution in [0.2, 0.25) is 0 Å². The molecular weight excluding hydrogens is 485 g/mol. The van der Waals surface area contributed by atoms with Crippen LogP contribution in [-0.2, 0) is 16.8 Å². The Labute approximate surface area is 209 Å². The van der Waals surface area contributed by atoms with Crippen LogP contribution in [0.25, 0.3) is 0 Å². The molecule has 0 bridgehead atoms. The molecule has 1 aromatic heterocycles. The van der Waals surface area contributed by atoms with Crippen LogP contribution in [0.4, 0.5) is 9.18 Å². The van der Waals surface area contributed by atoms with Gasteiger partial charge >= 0.3 is 6.03 Å². The number of carbonyl (C=O) groups is 1. The molecule has 2 aromatic rings. The minimum absolute atomic E-state index is 0.0715. The first kappa shape index (κ1) is 22.6. The Kier molecular flexibility index (Phi) is 4.85. The number of nitrogens with one attached hydrogen (secondary N) is 1. The molecule has 5 fully saturated rings. The fourth-order valence-corrected chi connectivity index (χ4v) is 7.73. The minimum Gasteiger partial charge on any atom is -0.323 e. The molecule has 1 N–H and O–H groups in total. The number of hydrogen-bond donors (Lipinski definition) is 1. The van der Waals surface area contributed by atoms with Crippen LogP contribution in [-0.4, -0.2) is 82.6 Å². The van der Waals surface area contributed by atoms with Gasteiger partial charge in [0.1, 0.15) is 12.1 Å². The smallest absolute Gasteiger partial charge is 0.320 e. The van der Waals surface area contributed by atoms with Gasteiger partial charge in [0.05, 0.1) is 6.04 Å². The molecular formula is C24H30FN7O3S. The first-order chi connectivity index (χ1) is 17.2. The number of urea groups is 1. The van der Waals surface area contributed by atoms with Crippen molar-refractivity contribution in [3.63, 3.8) is 0 Å². The van der Waals surface area contributed by atoms with Crippen molar-refractivity contribution in [2.24, 2.45) is 10.8 Å². The van der Waals surface area contributed by atoms with Crippen molar-refractivity contribution in [2.75, 3.05) is 39.3 Å². The van der Waals surface area contributed by atoms with Gasteiger partial charge in [-0.3, -0.25) is 0 Å². The monoisotopic (exact) mass is 515 g/mol. The topological polar surface area (TPSA) is 104 Å². The fourth-order valence-electron chi connectivity index (χ4n) is 6.32. The lowest BCUT2D eigenvalue weighted by molar-refractivity contribution is -0.101. The van der Waals surface area contributed by atoms with Gasteiger partial charge in [-0.1, -0.05) is 12.1 Å². The van der Waals surface area contributed by atoms with E-state index in [1.54, 1.807) is 12.1 Å². The molecule has 7 rings (SSSR count). The molecule has 3 aliphatic heterocycles. The van der Waals surface area contributed by atoms with Gasteiger partial charge in [0.25, 0.3) is 10.2 Å². The number of carbonyl (C=O) groups excluding carboxylic acids is 1. The number of likely N-dealkylation sites (tertiary alicyclic amines) is 2. The average Bonchev–Trinajstić information content (AvgIpc) is 3.47. The second-order valence-electron chi connectivity index (χ2n) is 11.6. The lowest BCUT2D eigenvalue weighted by Crippen LogP contribution is -2.76. The normalized spacial score (nSPS) is 24.8. The summed E-state index contributed by atoms with van der Waals surface area (Å²) in [5.74, 6) is 1.20. The van der Waals surface area contributed by atoms with Gasteiger partial charge < -0.3 is 9.80 Å². The summed E-state index contributed by atoms with van der Waals surface area (Å²) in [6.45, 7) is 3.75. The second-order valence-corrected chi connectivity index (χ2v) is 13.4. The number of rotatable bonds is 6. The van der Waals surface area contributed by atoms with E-state index in [2.05, 4.69) is 14.8 Å². The Morgan fingerprint density at radius 1 is 1.00 bits per heavy atom. The quantitative estimate of drug-likeness (QED) is 0.631. The third-order valence-electron chi connectivity index (χ3n) is 8.56. The molecule has 2 aliphatic carbocycles. The van der Waals surface area contributed by atoms with Crippen LogP contribution in [0.15, 0.2) is 30.6 Å². The average molecular weight is 516 g/mol. The van der Waals surface area contributed by atoms with Gasteiger partial charge in [-0.15, -0.1) is 0 Å². The Bertz CT molecular complexity index is 1280. The zero-order valence-corrected chi connectivity index (χ0v) is 20.8. The SMILES string of the molecule is O=C(N1CC2(CC(n3cnc(C4CC4)n3)C2)C1)N1CC2(C1)CN(S(=O)(=O)NCc1ccc(F)cc1)C2. The van der Waals surface area contributed by atoms with E-state index in [0.29, 0.717) is 43.7 Å². The highest BCUT2D eigenvalue weighted by molar-refractivity contribution is 7.87. The summed E-state index contributed by atoms with van der Waals surface area (Å²) in [6, 6.07) is 6.22. The number of benzene rings is 1. The van der Waals surface area contributed by atoms with Crippen LogP contribution >= 0.6 is 0 Å². The number of hydrogen-bond acceptors (Lipinski definition) is 5. The maximum absolute atomic E-state index is 13.0. The maximum Gasteiger partial charge on any atom is 0.320 e. The molecule has 192 valence electrons. The highest BCUT2D eigenvalue weighted by Crippen LogP contribution is 2.54. The van der Waals surface area contributed by atoms with E-state index in [-0.39, 0.29) is 29.2 Å². The zero-order valence-electron chi connectivity index (χ0n) is 20.0. The predicted octanol–water partition coefficient (Wildman–Crippen LogP) is 1.70. The van der Waals surface area contributed by atoms with E-state index < -0.39 is 10.2 Å². The van der Waals surface area contributed by atoms with Gasteiger partial charge in [0.15, 0.2) is 5.82 Å². The molecule has 2 saturated carbocycles. The first-order valence-corrected chi connectivity index (χ1v) is 14.1. The van der Waals surface area contributed by atoms with E-state index in [4.69, 9.17) is 0 Å². The molecule has 0 radical (unpaired) electrons. The molecule has 4 heterocycles. The third kappa shape index (κ3) is 3.81. The van der Waals surface area contributed by atoms with E-state index in [0.717, 1.165) is 31.8 Å². The molecule has 0 unspecified atom stereocenters. The summed E-state index contributed by atoms with van der Waals surface area (Å²) in [4.78, 5) is 21.1. The number of aromatic nitrogens is 3. The van der Waals surface area contributed by atoms with Crippen molar-refractivity contribution in [2.45, 2.75) is 44.2 Å². The Balaban J connectivity index is 0.843. The van der Waals surface area contributed by atoms with Crippen LogP contribution in [0.1, 0.15) is 49.0 Å². The first-order valence-electron chi connectivity index (χ1n) is 12.7. The fraction of sp³-hybridized carbons (Fsp3) is 0.625. The van der Waals surface area contributed by atoms with Crippen molar-refractivity contribution >= 4 is 16.2 Å². The lowest BCUT2D eigenvalue weighted by Gasteiger charge is -2.63. The van der Waals surface area contributed by atoms with Gasteiger partial charge in [-0.2, -0.15) is 22.5 Å². The van der Waals surface area contributed by atoms with Gasteiger partial charge in [-0.05, 0) is 43.4 Å². The summed E-state index contributed by atoms with van der Waals surface area (Å²) in [6.07, 6.45) is 6.37. The maximum atomic E-state index is 13.0. The highest BCUT2D eigenvalue weighted by Gasteiger charge is 2.59. The van der Waals surface area contributed by atoms with E-state index >= 15 is 0 Å². The number of amides is 2. The van der Waals surface area contributed by atoms with Gasteiger partial charge in [0.2, 0.25) is 0 Å². The molecule has 2 spiro atoms. The van der Waals surface area contributed by atoms with Gasteiger partial charge in [0, 0.05) is 62.6 Å². The summed E-state index contributed by atoms with van der Waals surface area (Å²) in [5.41, 5.74) is 0.799. The molecule has 10 nitrogen and oxygen atoms in total. The Hall–Kier alpha value is -2.57. The molecule has 12 heteroatoms. The summed E-state index contributed by atoms with van der Waals surface area (Å²) < 4.78 is 44.2. The minimum atomic E-state index is -3.60. The molecule has 36 heavy (non-hydrogen) atoms. The van der Waals surface area contributed by atoms with Crippen molar-refractivity contribution < 1.29 is 17.6 Å². The predicted molar refractivity (Wildman–Crippen MR) is 127 cm³/mol. The van der Waals surface area contributed by atoms with Crippen molar-refractivity contribution in [3.8, 4) is 0 Å². The van der Waals surface area contributed by atoms with Crippen LogP contribution in [0.5, 0.6) is 0 Å². The summed E-state index contributed by atoms with van der Waals surface area (Å²) >= 11 is 0. The largest absolute Gasteiger partial charge is 0.323 e. The molecule has 0 atom stereocenters. The molecule has 1 aromatic carbocycles. The second kappa shape index (κ2) is 7.72. The Morgan fingerprint density at radius 3 is 2.28 bits per heavy atom. The molecule has 3 saturated heterocycles. The van der Waals surface area contributed by atoms with Crippen LogP contribution < -0.4 is 4.72 Å². The lowest BCUT2D eigenvalue weighted by atomic mass is 9.60. The van der Waals surface area contributed by atoms with Crippen LogP contribution in [0.3, 0.4) is 0 Å². The van der Waals surface area contributed by atoms with E-state index in [1.807, 2.05) is 20.8 Å². The Morgan fingerprint density at radius 2 is 1.64 bits per heavy atom. The third-order valence-corrected chi connectivity index (χ3v) is 10.0. The van der Waals surface area contributed by atoms with Crippen LogP contribution in [0, 0.1) is 16.6 Å². The van der Waals surface area contributed by atoms with Crippen molar-refractivity contribution in [1.29, 1.82) is 0 Å². The standard InChI is InChI=1S/C24H30FN7O3S/c25-19-5-1-17(2-6-19)9-27-36(34,35)31-14-24(15-31)12-30(13-24)22(33)29-10-23(11-29)7-20(8-23)32-16-26-21(28-32)18-3-4-18/h1-2,5-6,16,18,20,27H,3-4,7-15H2. The number of nitrogens with zero attached hydrogens (tertiary/aromatic N) is 6. The van der Waals surface area contributed by atoms with E-state index in [9.17, 15) is 17.6 Å². The summed E-state index contributed by atoms with van der Waals surface area (Å²) in [5, 5.41) is 4.66. The van der Waals surface area contributed by atoms with E-state index in [1.165, 1.54) is 29.3 Å². The molecule has 2 amide bonds. The highest BCUT2D eigenvalue weighted by atomic mass is 32.2.